The Kier molecular flexibility index (Phi) is 42.4. The molecule has 0 fully saturated rings. The van der Waals surface area contributed by atoms with Crippen LogP contribution in [0.5, 0.6) is 0 Å². The van der Waals surface area contributed by atoms with Crippen molar-refractivity contribution in [2.24, 2.45) is 10.9 Å². The molecule has 0 aliphatic carbocycles. The lowest BCUT2D eigenvalue weighted by atomic mass is 9.94. The molecule has 0 aliphatic rings. The highest BCUT2D eigenvalue weighted by Gasteiger charge is 2.19. The van der Waals surface area contributed by atoms with Crippen LogP contribution in [-0.4, -0.2) is 81.2 Å². The molecule has 0 rings (SSSR count). The van der Waals surface area contributed by atoms with E-state index >= 15 is 0 Å². The van der Waals surface area contributed by atoms with Gasteiger partial charge in [0, 0.05) is 27.1 Å². The number of carbonyl (C=O) groups is 2. The number of unbranched alkanes of at least 4 members (excludes halogenated alkanes) is 24. The number of nitrogens with zero attached hydrogens (tertiary/aromatic N) is 4. The average molecular weight is 818 g/mol. The fraction of sp³-hybridized carbons (Fsp3) is 0.918. The molecule has 0 atom stereocenters. The van der Waals surface area contributed by atoms with E-state index in [1.54, 1.807) is 0 Å². The molecule has 0 aromatic heterocycles. The normalized spacial score (nSPS) is 11.7. The first-order valence-corrected chi connectivity index (χ1v) is 24.8. The van der Waals surface area contributed by atoms with Crippen LogP contribution in [0.3, 0.4) is 0 Å². The van der Waals surface area contributed by atoms with Crippen molar-refractivity contribution in [3.8, 4) is 6.19 Å². The first-order chi connectivity index (χ1) is 28.4. The molecule has 0 spiro atoms. The third-order valence-electron chi connectivity index (χ3n) is 11.4. The summed E-state index contributed by atoms with van der Waals surface area (Å²) in [5.41, 5.74) is 0. The van der Waals surface area contributed by atoms with Gasteiger partial charge in [0.2, 0.25) is 12.2 Å². The van der Waals surface area contributed by atoms with Crippen LogP contribution < -0.4 is 5.32 Å². The third-order valence-corrected chi connectivity index (χ3v) is 11.4. The maximum absolute atomic E-state index is 13.1. The number of nitrogens with one attached hydrogen (secondary N) is 1. The van der Waals surface area contributed by atoms with E-state index in [1.807, 2.05) is 25.2 Å². The number of carbonyl (C=O) groups excluding carboxylic acids is 2. The Hall–Kier alpha value is -2.34. The zero-order valence-corrected chi connectivity index (χ0v) is 39.1. The van der Waals surface area contributed by atoms with Gasteiger partial charge in [-0.15, -0.1) is 4.99 Å². The molecule has 0 saturated heterocycles. The number of aliphatic imine (C=N–C) groups is 1. The van der Waals surface area contributed by atoms with Crippen molar-refractivity contribution in [2.75, 3.05) is 53.5 Å². The summed E-state index contributed by atoms with van der Waals surface area (Å²) in [6.45, 7) is 11.9. The zero-order valence-electron chi connectivity index (χ0n) is 39.1. The Morgan fingerprint density at radius 2 is 0.966 bits per heavy atom. The summed E-state index contributed by atoms with van der Waals surface area (Å²) in [4.78, 5) is 33.5. The van der Waals surface area contributed by atoms with Gasteiger partial charge in [-0.25, -0.2) is 0 Å². The summed E-state index contributed by atoms with van der Waals surface area (Å²) < 4.78 is 11.3. The summed E-state index contributed by atoms with van der Waals surface area (Å²) in [6, 6.07) is 0. The number of ether oxygens (including phenoxy) is 2. The lowest BCUT2D eigenvalue weighted by Crippen LogP contribution is -2.38. The molecule has 0 unspecified atom stereocenters. The Morgan fingerprint density at radius 1 is 0.552 bits per heavy atom. The van der Waals surface area contributed by atoms with Crippen molar-refractivity contribution in [1.82, 2.24) is 15.1 Å². The molecular formula is C49H95N5O4. The first-order valence-electron chi connectivity index (χ1n) is 24.8. The number of hydrogen-bond donors (Lipinski definition) is 1. The molecule has 1 N–H and O–H groups in total. The Bertz CT molecular complexity index is 969. The molecule has 0 aromatic rings. The first kappa shape index (κ1) is 55.7. The van der Waals surface area contributed by atoms with Crippen molar-refractivity contribution in [3.05, 3.63) is 0 Å². The second-order valence-corrected chi connectivity index (χ2v) is 17.2. The maximum atomic E-state index is 13.1. The fourth-order valence-corrected chi connectivity index (χ4v) is 7.62. The average Bonchev–Trinajstić information content (AvgIpc) is 3.21. The molecule has 0 aliphatic heterocycles. The van der Waals surface area contributed by atoms with E-state index in [-0.39, 0.29) is 17.9 Å². The smallest absolute Gasteiger partial charge is 0.308 e. The molecule has 0 heterocycles. The quantitative estimate of drug-likeness (QED) is 0.0213. The van der Waals surface area contributed by atoms with Crippen LogP contribution in [0.2, 0.25) is 0 Å². The Labute approximate surface area is 359 Å². The molecule has 0 amide bonds. The van der Waals surface area contributed by atoms with E-state index in [4.69, 9.17) is 14.7 Å². The second kappa shape index (κ2) is 44.2. The van der Waals surface area contributed by atoms with Gasteiger partial charge in [-0.2, -0.15) is 5.26 Å². The lowest BCUT2D eigenvalue weighted by Gasteiger charge is -2.23. The monoisotopic (exact) mass is 818 g/mol. The van der Waals surface area contributed by atoms with Gasteiger partial charge >= 0.3 is 11.9 Å². The minimum absolute atomic E-state index is 0.0322. The number of nitriles is 1. The molecule has 0 radical (unpaired) electrons. The highest BCUT2D eigenvalue weighted by atomic mass is 16.5. The molecular weight excluding hydrogens is 723 g/mol. The van der Waals surface area contributed by atoms with Gasteiger partial charge in [0.05, 0.1) is 19.1 Å². The van der Waals surface area contributed by atoms with Crippen molar-refractivity contribution in [1.29, 1.82) is 5.26 Å². The number of rotatable bonds is 43. The van der Waals surface area contributed by atoms with Crippen molar-refractivity contribution in [3.63, 3.8) is 0 Å². The molecule has 340 valence electrons. The third kappa shape index (κ3) is 37.9. The van der Waals surface area contributed by atoms with E-state index in [2.05, 4.69) is 36.0 Å². The fourth-order valence-electron chi connectivity index (χ4n) is 7.62. The van der Waals surface area contributed by atoms with E-state index in [9.17, 15) is 9.59 Å². The molecule has 0 saturated carbocycles. The summed E-state index contributed by atoms with van der Waals surface area (Å²) in [6.07, 6.45) is 40.3. The van der Waals surface area contributed by atoms with Gasteiger partial charge in [0.15, 0.2) is 0 Å². The van der Waals surface area contributed by atoms with Crippen LogP contribution in [-0.2, 0) is 19.1 Å². The zero-order chi connectivity index (χ0) is 42.6. The van der Waals surface area contributed by atoms with Gasteiger partial charge < -0.3 is 24.6 Å². The van der Waals surface area contributed by atoms with Crippen LogP contribution in [0, 0.1) is 17.4 Å². The number of hydrogen-bond acceptors (Lipinski definition) is 7. The lowest BCUT2D eigenvalue weighted by molar-refractivity contribution is -0.149. The summed E-state index contributed by atoms with van der Waals surface area (Å²) in [5.74, 6) is 0.711. The van der Waals surface area contributed by atoms with Crippen LogP contribution >= 0.6 is 0 Å². The van der Waals surface area contributed by atoms with Gasteiger partial charge in [0.25, 0.3) is 0 Å². The van der Waals surface area contributed by atoms with E-state index in [1.165, 1.54) is 128 Å². The van der Waals surface area contributed by atoms with Crippen LogP contribution in [0.1, 0.15) is 233 Å². The topological polar surface area (TPSA) is 107 Å². The number of esters is 2. The highest BCUT2D eigenvalue weighted by molar-refractivity contribution is 5.80. The summed E-state index contributed by atoms with van der Waals surface area (Å²) >= 11 is 0. The summed E-state index contributed by atoms with van der Waals surface area (Å²) in [5, 5.41) is 12.3. The van der Waals surface area contributed by atoms with Gasteiger partial charge in [-0.1, -0.05) is 175 Å². The van der Waals surface area contributed by atoms with Crippen LogP contribution in [0.25, 0.3) is 0 Å². The largest absolute Gasteiger partial charge is 0.466 e. The maximum Gasteiger partial charge on any atom is 0.308 e. The standard InChI is InChI=1S/C49H95N5O4/c1-6-9-12-15-18-26-33-43-57-47(55)38-30-23-19-24-31-40-54(42-35-39-51-49(52-45-50)53(4)5)41-32-25-20-27-34-44-58-48(56)46(36-28-21-16-13-10-7-2)37-29-22-17-14-11-8-3/h46H,6-44H2,1-5H3,(H,51,52). The molecule has 0 bridgehead atoms. The highest BCUT2D eigenvalue weighted by Crippen LogP contribution is 2.21. The Morgan fingerprint density at radius 3 is 1.45 bits per heavy atom. The molecule has 9 heteroatoms. The van der Waals surface area contributed by atoms with Crippen molar-refractivity contribution >= 4 is 17.9 Å². The Balaban J connectivity index is 4.48. The van der Waals surface area contributed by atoms with Crippen LogP contribution in [0.4, 0.5) is 0 Å². The minimum Gasteiger partial charge on any atom is -0.466 e. The van der Waals surface area contributed by atoms with Gasteiger partial charge in [0.1, 0.15) is 0 Å². The number of guanidine groups is 1. The SMILES string of the molecule is CCCCCCCCCOC(=O)CCCCCCCN(CCCCCCCOC(=O)C(CCCCCCCC)CCCCCCCC)CCCN/C(=N\C#N)N(C)C. The summed E-state index contributed by atoms with van der Waals surface area (Å²) in [7, 11) is 3.79. The van der Waals surface area contributed by atoms with Gasteiger partial charge in [-0.05, 0) is 71.0 Å². The van der Waals surface area contributed by atoms with Crippen LogP contribution in [0.15, 0.2) is 4.99 Å². The van der Waals surface area contributed by atoms with E-state index in [0.717, 1.165) is 103 Å². The van der Waals surface area contributed by atoms with E-state index in [0.29, 0.717) is 25.6 Å². The predicted octanol–water partition coefficient (Wildman–Crippen LogP) is 12.9. The van der Waals surface area contributed by atoms with Crippen molar-refractivity contribution < 1.29 is 19.1 Å². The molecule has 9 nitrogen and oxygen atoms in total. The second-order valence-electron chi connectivity index (χ2n) is 17.2. The van der Waals surface area contributed by atoms with Crippen molar-refractivity contribution in [2.45, 2.75) is 233 Å². The predicted molar refractivity (Wildman–Crippen MR) is 246 cm³/mol. The minimum atomic E-state index is -0.0322. The van der Waals surface area contributed by atoms with Gasteiger partial charge in [-0.3, -0.25) is 9.59 Å². The molecule has 58 heavy (non-hydrogen) atoms. The molecule has 0 aromatic carbocycles. The van der Waals surface area contributed by atoms with E-state index < -0.39 is 0 Å².